The number of rotatable bonds is 0. The van der Waals surface area contributed by atoms with Crippen molar-refractivity contribution in [1.82, 2.24) is 0 Å². The molecule has 0 atom stereocenters. The van der Waals surface area contributed by atoms with Crippen LogP contribution in [0.3, 0.4) is 0 Å². The Balaban J connectivity index is 2.35. The maximum atomic E-state index is 2.33. The molecule has 75 valence electrons. The first-order valence-corrected chi connectivity index (χ1v) is 5.45. The number of hydrogen-bond acceptors (Lipinski definition) is 0. The van der Waals surface area contributed by atoms with E-state index in [1.165, 1.54) is 19.3 Å². The fourth-order valence-electron chi connectivity index (χ4n) is 1.32. The van der Waals surface area contributed by atoms with Crippen molar-refractivity contribution in [2.45, 2.75) is 32.1 Å². The molecule has 0 unspecified atom stereocenters. The van der Waals surface area contributed by atoms with E-state index in [4.69, 9.17) is 0 Å². The standard InChI is InChI=1S/C14H19/c1-2-4-6-8-10-12-14-13-11-9-7-5-3-1/h1-6,9,12,14H,7-8,10-11,13H2. The van der Waals surface area contributed by atoms with Gasteiger partial charge in [-0.2, -0.15) is 0 Å². The summed E-state index contributed by atoms with van der Waals surface area (Å²) in [5.41, 5.74) is 0. The minimum atomic E-state index is 1.09. The zero-order valence-electron chi connectivity index (χ0n) is 8.73. The molecular weight excluding hydrogens is 168 g/mol. The van der Waals surface area contributed by atoms with Crippen molar-refractivity contribution in [2.24, 2.45) is 0 Å². The molecule has 0 nitrogen and oxygen atoms in total. The SMILES string of the molecule is [CH]1CC=CC=CC=CCCC=CCC1. The molecule has 0 spiro atoms. The summed E-state index contributed by atoms with van der Waals surface area (Å²) in [6.45, 7) is 0. The topological polar surface area (TPSA) is 0 Å². The largest absolute Gasteiger partial charge is 0.0885 e. The third kappa shape index (κ3) is 6.47. The van der Waals surface area contributed by atoms with E-state index in [-0.39, 0.29) is 0 Å². The van der Waals surface area contributed by atoms with Gasteiger partial charge in [-0.1, -0.05) is 48.6 Å². The summed E-state index contributed by atoms with van der Waals surface area (Å²) in [5, 5.41) is 0. The zero-order valence-corrected chi connectivity index (χ0v) is 8.73. The predicted molar refractivity (Wildman–Crippen MR) is 63.9 cm³/mol. The highest BCUT2D eigenvalue weighted by atomic mass is 13.9. The summed E-state index contributed by atoms with van der Waals surface area (Å²) in [6, 6.07) is 0. The molecule has 0 N–H and O–H groups in total. The van der Waals surface area contributed by atoms with E-state index in [2.05, 4.69) is 55.0 Å². The van der Waals surface area contributed by atoms with E-state index in [1.807, 2.05) is 0 Å². The smallest absolute Gasteiger partial charge is 0.0313 e. The van der Waals surface area contributed by atoms with Gasteiger partial charge in [-0.3, -0.25) is 0 Å². The van der Waals surface area contributed by atoms with E-state index in [1.54, 1.807) is 0 Å². The Morgan fingerprint density at radius 3 is 2.00 bits per heavy atom. The molecule has 0 saturated carbocycles. The highest BCUT2D eigenvalue weighted by molar-refractivity contribution is 5.11. The van der Waals surface area contributed by atoms with Gasteiger partial charge in [0.1, 0.15) is 0 Å². The lowest BCUT2D eigenvalue weighted by Crippen LogP contribution is -1.74. The number of hydrogen-bond donors (Lipinski definition) is 0. The molecule has 1 aliphatic rings. The summed E-state index contributed by atoms with van der Waals surface area (Å²) in [5.74, 6) is 0. The first-order valence-electron chi connectivity index (χ1n) is 5.45. The Bertz CT molecular complexity index is 228. The lowest BCUT2D eigenvalue weighted by atomic mass is 10.1. The van der Waals surface area contributed by atoms with Crippen molar-refractivity contribution in [2.75, 3.05) is 0 Å². The van der Waals surface area contributed by atoms with Gasteiger partial charge < -0.3 is 0 Å². The summed E-state index contributed by atoms with van der Waals surface area (Å²) >= 11 is 0. The van der Waals surface area contributed by atoms with Gasteiger partial charge in [0, 0.05) is 0 Å². The molecule has 0 aromatic rings. The molecule has 0 fully saturated rings. The summed E-state index contributed by atoms with van der Waals surface area (Å²) in [4.78, 5) is 0. The van der Waals surface area contributed by atoms with Crippen molar-refractivity contribution < 1.29 is 0 Å². The molecule has 0 saturated heterocycles. The van der Waals surface area contributed by atoms with E-state index >= 15 is 0 Å². The van der Waals surface area contributed by atoms with Crippen LogP contribution in [0.25, 0.3) is 0 Å². The van der Waals surface area contributed by atoms with E-state index in [0.717, 1.165) is 12.8 Å². The van der Waals surface area contributed by atoms with Crippen LogP contribution in [0.2, 0.25) is 0 Å². The van der Waals surface area contributed by atoms with E-state index in [9.17, 15) is 0 Å². The second-order valence-electron chi connectivity index (χ2n) is 3.39. The van der Waals surface area contributed by atoms with Crippen molar-refractivity contribution in [3.63, 3.8) is 0 Å². The predicted octanol–water partition coefficient (Wildman–Crippen LogP) is 4.38. The first kappa shape index (κ1) is 11.0. The molecule has 0 heterocycles. The van der Waals surface area contributed by atoms with Crippen LogP contribution in [0.15, 0.2) is 48.6 Å². The van der Waals surface area contributed by atoms with Crippen molar-refractivity contribution >= 4 is 0 Å². The average molecular weight is 187 g/mol. The third-order valence-corrected chi connectivity index (χ3v) is 2.11. The molecule has 0 aromatic carbocycles. The van der Waals surface area contributed by atoms with Gasteiger partial charge in [0.05, 0.1) is 0 Å². The van der Waals surface area contributed by atoms with Gasteiger partial charge in [-0.25, -0.2) is 0 Å². The molecular formula is C14H19. The summed E-state index contributed by atoms with van der Waals surface area (Å²) in [7, 11) is 0. The van der Waals surface area contributed by atoms with Crippen LogP contribution in [-0.4, -0.2) is 0 Å². The molecule has 1 rings (SSSR count). The molecule has 14 heavy (non-hydrogen) atoms. The van der Waals surface area contributed by atoms with Crippen molar-refractivity contribution in [3.05, 3.63) is 55.0 Å². The van der Waals surface area contributed by atoms with Gasteiger partial charge in [0.25, 0.3) is 0 Å². The van der Waals surface area contributed by atoms with Crippen LogP contribution in [0.4, 0.5) is 0 Å². The van der Waals surface area contributed by atoms with Crippen molar-refractivity contribution in [1.29, 1.82) is 0 Å². The van der Waals surface area contributed by atoms with Crippen molar-refractivity contribution in [3.8, 4) is 0 Å². The van der Waals surface area contributed by atoms with Gasteiger partial charge in [0.15, 0.2) is 0 Å². The van der Waals surface area contributed by atoms with Crippen LogP contribution in [0.5, 0.6) is 0 Å². The molecule has 1 radical (unpaired) electrons. The van der Waals surface area contributed by atoms with Crippen LogP contribution < -0.4 is 0 Å². The second-order valence-corrected chi connectivity index (χ2v) is 3.39. The molecule has 1 aliphatic carbocycles. The fraction of sp³-hybridized carbons (Fsp3) is 0.357. The molecule has 0 aliphatic heterocycles. The second kappa shape index (κ2) is 8.55. The minimum absolute atomic E-state index is 1.09. The summed E-state index contributed by atoms with van der Waals surface area (Å²) < 4.78 is 0. The maximum Gasteiger partial charge on any atom is -0.0313 e. The van der Waals surface area contributed by atoms with E-state index < -0.39 is 0 Å². The maximum absolute atomic E-state index is 2.33. The fourth-order valence-corrected chi connectivity index (χ4v) is 1.32. The third-order valence-electron chi connectivity index (χ3n) is 2.11. The highest BCUT2D eigenvalue weighted by Crippen LogP contribution is 2.02. The minimum Gasteiger partial charge on any atom is -0.0885 e. The Morgan fingerprint density at radius 2 is 1.14 bits per heavy atom. The normalized spacial score (nSPS) is 19.4. The molecule has 0 aromatic heterocycles. The van der Waals surface area contributed by atoms with Crippen LogP contribution in [-0.2, 0) is 0 Å². The zero-order chi connectivity index (χ0) is 9.90. The molecule has 0 bridgehead atoms. The van der Waals surface area contributed by atoms with Gasteiger partial charge in [0.2, 0.25) is 0 Å². The van der Waals surface area contributed by atoms with Gasteiger partial charge >= 0.3 is 0 Å². The van der Waals surface area contributed by atoms with Gasteiger partial charge in [-0.05, 0) is 38.5 Å². The lowest BCUT2D eigenvalue weighted by molar-refractivity contribution is 0.923. The van der Waals surface area contributed by atoms with Gasteiger partial charge in [-0.15, -0.1) is 0 Å². The van der Waals surface area contributed by atoms with Crippen LogP contribution >= 0.6 is 0 Å². The van der Waals surface area contributed by atoms with E-state index in [0.29, 0.717) is 0 Å². The van der Waals surface area contributed by atoms with Crippen LogP contribution in [0, 0.1) is 6.42 Å². The first-order chi connectivity index (χ1) is 7.00. The Labute approximate surface area is 87.7 Å². The average Bonchev–Trinajstić information content (AvgIpc) is 2.22. The molecule has 0 heteroatoms. The van der Waals surface area contributed by atoms with Crippen LogP contribution in [0.1, 0.15) is 32.1 Å². The summed E-state index contributed by atoms with van der Waals surface area (Å²) in [6.07, 6.45) is 25.5. The highest BCUT2D eigenvalue weighted by Gasteiger charge is 1.84. The Morgan fingerprint density at radius 1 is 0.500 bits per heavy atom. The Hall–Kier alpha value is -1.04. The Kier molecular flexibility index (Phi) is 6.74. The lowest BCUT2D eigenvalue weighted by Gasteiger charge is -1.93. The number of allylic oxidation sites excluding steroid dienone is 8. The monoisotopic (exact) mass is 187 g/mol. The quantitative estimate of drug-likeness (QED) is 0.494. The molecule has 0 amide bonds.